The van der Waals surface area contributed by atoms with Crippen molar-refractivity contribution in [2.75, 3.05) is 32.2 Å². The van der Waals surface area contributed by atoms with Crippen molar-refractivity contribution >= 4 is 11.8 Å². The molecule has 0 bridgehead atoms. The number of aliphatic hydroxyl groups is 2. The molecule has 0 rings (SSSR count). The van der Waals surface area contributed by atoms with Crippen molar-refractivity contribution in [3.8, 4) is 0 Å². The lowest BCUT2D eigenvalue weighted by molar-refractivity contribution is 0.103. The number of ether oxygens (including phenoxy) is 1. The van der Waals surface area contributed by atoms with E-state index < -0.39 is 0 Å². The fourth-order valence-corrected chi connectivity index (χ4v) is 1.25. The summed E-state index contributed by atoms with van der Waals surface area (Å²) in [7, 11) is 0. The zero-order chi connectivity index (χ0) is 8.53. The Balaban J connectivity index is 2.89. The van der Waals surface area contributed by atoms with Crippen LogP contribution >= 0.6 is 11.8 Å². The largest absolute Gasteiger partial charge is 0.395 e. The third-order valence-electron chi connectivity index (χ3n) is 1.12. The first kappa shape index (κ1) is 11.2. The minimum absolute atomic E-state index is 0.0836. The number of thioether (sulfide) groups is 1. The van der Waals surface area contributed by atoms with Gasteiger partial charge in [-0.25, -0.2) is 0 Å². The van der Waals surface area contributed by atoms with Gasteiger partial charge in [0.1, 0.15) is 0 Å². The van der Waals surface area contributed by atoms with Crippen molar-refractivity contribution in [1.82, 2.24) is 0 Å². The van der Waals surface area contributed by atoms with Crippen molar-refractivity contribution in [2.24, 2.45) is 0 Å². The molecule has 0 saturated carbocycles. The van der Waals surface area contributed by atoms with Crippen LogP contribution in [-0.4, -0.2) is 47.6 Å². The molecule has 11 heavy (non-hydrogen) atoms. The molecule has 0 aromatic rings. The summed E-state index contributed by atoms with van der Waals surface area (Å²) < 4.78 is 5.03. The number of aliphatic hydroxyl groups excluding tert-OH is 2. The smallest absolute Gasteiger partial charge is 0.0698 e. The van der Waals surface area contributed by atoms with Gasteiger partial charge in [-0.1, -0.05) is 6.92 Å². The summed E-state index contributed by atoms with van der Waals surface area (Å²) in [5, 5.41) is 17.3. The Bertz CT molecular complexity index is 80.1. The van der Waals surface area contributed by atoms with E-state index in [0.29, 0.717) is 13.2 Å². The van der Waals surface area contributed by atoms with Crippen LogP contribution in [0, 0.1) is 0 Å². The summed E-state index contributed by atoms with van der Waals surface area (Å²) in [5.74, 6) is 0.877. The normalized spacial score (nSPS) is 13.4. The Hall–Kier alpha value is 0.230. The lowest BCUT2D eigenvalue weighted by atomic mass is 10.5. The van der Waals surface area contributed by atoms with E-state index in [2.05, 4.69) is 0 Å². The highest BCUT2D eigenvalue weighted by Gasteiger charge is 1.98. The minimum Gasteiger partial charge on any atom is -0.395 e. The lowest BCUT2D eigenvalue weighted by Crippen LogP contribution is -2.07. The standard InChI is InChI=1S/C7H16O3S/c1-7(6-9)11-5-4-10-3-2-8/h7-9H,2-6H2,1H3. The second kappa shape index (κ2) is 8.33. The summed E-state index contributed by atoms with van der Waals surface area (Å²) in [5.41, 5.74) is 0. The van der Waals surface area contributed by atoms with Crippen LogP contribution < -0.4 is 0 Å². The Morgan fingerprint density at radius 3 is 2.64 bits per heavy atom. The van der Waals surface area contributed by atoms with E-state index in [4.69, 9.17) is 14.9 Å². The molecule has 0 spiro atoms. The van der Waals surface area contributed by atoms with Crippen LogP contribution in [0.5, 0.6) is 0 Å². The van der Waals surface area contributed by atoms with Crippen molar-refractivity contribution in [1.29, 1.82) is 0 Å². The van der Waals surface area contributed by atoms with Crippen LogP contribution in [0.15, 0.2) is 0 Å². The van der Waals surface area contributed by atoms with E-state index in [9.17, 15) is 0 Å². The average Bonchev–Trinajstić information content (AvgIpc) is 2.04. The highest BCUT2D eigenvalue weighted by atomic mass is 32.2. The molecular weight excluding hydrogens is 164 g/mol. The van der Waals surface area contributed by atoms with Gasteiger partial charge in [0, 0.05) is 11.0 Å². The predicted molar refractivity (Wildman–Crippen MR) is 46.9 cm³/mol. The van der Waals surface area contributed by atoms with Gasteiger partial charge in [0.05, 0.1) is 26.4 Å². The molecular formula is C7H16O3S. The molecule has 0 heterocycles. The summed E-state index contributed by atoms with van der Waals surface area (Å²) in [6, 6.07) is 0. The van der Waals surface area contributed by atoms with E-state index in [1.807, 2.05) is 6.92 Å². The average molecular weight is 180 g/mol. The number of hydrogen-bond donors (Lipinski definition) is 2. The van der Waals surface area contributed by atoms with Crippen LogP contribution in [0.1, 0.15) is 6.92 Å². The second-order valence-corrected chi connectivity index (χ2v) is 3.75. The molecule has 0 aliphatic rings. The Labute approximate surface area is 71.8 Å². The van der Waals surface area contributed by atoms with Gasteiger partial charge >= 0.3 is 0 Å². The molecule has 68 valence electrons. The van der Waals surface area contributed by atoms with Gasteiger partial charge in [-0.15, -0.1) is 0 Å². The first-order valence-electron chi connectivity index (χ1n) is 3.72. The van der Waals surface area contributed by atoms with Crippen molar-refractivity contribution < 1.29 is 14.9 Å². The predicted octanol–water partition coefficient (Wildman–Crippen LogP) is 0.109. The molecule has 4 heteroatoms. The van der Waals surface area contributed by atoms with E-state index in [-0.39, 0.29) is 18.5 Å². The maximum Gasteiger partial charge on any atom is 0.0698 e. The van der Waals surface area contributed by atoms with Crippen LogP contribution in [-0.2, 0) is 4.74 Å². The van der Waals surface area contributed by atoms with E-state index in [1.54, 1.807) is 11.8 Å². The molecule has 0 radical (unpaired) electrons. The highest BCUT2D eigenvalue weighted by Crippen LogP contribution is 2.08. The molecule has 0 aliphatic heterocycles. The van der Waals surface area contributed by atoms with Crippen molar-refractivity contribution in [3.63, 3.8) is 0 Å². The molecule has 0 fully saturated rings. The van der Waals surface area contributed by atoms with E-state index >= 15 is 0 Å². The molecule has 2 N–H and O–H groups in total. The molecule has 0 aliphatic carbocycles. The molecule has 0 aromatic carbocycles. The molecule has 0 amide bonds. The maximum absolute atomic E-state index is 8.64. The van der Waals surface area contributed by atoms with Gasteiger partial charge in [-0.05, 0) is 0 Å². The zero-order valence-corrected chi connectivity index (χ0v) is 7.64. The van der Waals surface area contributed by atoms with Gasteiger partial charge in [-0.3, -0.25) is 0 Å². The summed E-state index contributed by atoms with van der Waals surface area (Å²) in [6.07, 6.45) is 0. The topological polar surface area (TPSA) is 49.7 Å². The first-order valence-corrected chi connectivity index (χ1v) is 4.77. The highest BCUT2D eigenvalue weighted by molar-refractivity contribution is 7.99. The Kier molecular flexibility index (Phi) is 8.50. The van der Waals surface area contributed by atoms with E-state index in [1.165, 1.54) is 0 Å². The van der Waals surface area contributed by atoms with Gasteiger partial charge < -0.3 is 14.9 Å². The third kappa shape index (κ3) is 8.13. The molecule has 1 atom stereocenters. The van der Waals surface area contributed by atoms with Gasteiger partial charge in [-0.2, -0.15) is 11.8 Å². The fraction of sp³-hybridized carbons (Fsp3) is 1.00. The molecule has 3 nitrogen and oxygen atoms in total. The Morgan fingerprint density at radius 1 is 1.36 bits per heavy atom. The summed E-state index contributed by atoms with van der Waals surface area (Å²) >= 11 is 1.67. The first-order chi connectivity index (χ1) is 5.31. The monoisotopic (exact) mass is 180 g/mol. The lowest BCUT2D eigenvalue weighted by Gasteiger charge is -2.06. The van der Waals surface area contributed by atoms with Crippen molar-refractivity contribution in [2.45, 2.75) is 12.2 Å². The van der Waals surface area contributed by atoms with Crippen LogP contribution in [0.4, 0.5) is 0 Å². The van der Waals surface area contributed by atoms with Crippen LogP contribution in [0.3, 0.4) is 0 Å². The minimum atomic E-state index is 0.0836. The number of rotatable bonds is 7. The fourth-order valence-electron chi connectivity index (χ4n) is 0.528. The second-order valence-electron chi connectivity index (χ2n) is 2.20. The van der Waals surface area contributed by atoms with Gasteiger partial charge in [0.25, 0.3) is 0 Å². The van der Waals surface area contributed by atoms with Crippen LogP contribution in [0.2, 0.25) is 0 Å². The van der Waals surface area contributed by atoms with Crippen LogP contribution in [0.25, 0.3) is 0 Å². The Morgan fingerprint density at radius 2 is 2.09 bits per heavy atom. The summed E-state index contributed by atoms with van der Waals surface area (Å²) in [6.45, 7) is 3.32. The molecule has 0 aromatic heterocycles. The zero-order valence-electron chi connectivity index (χ0n) is 6.82. The molecule has 0 saturated heterocycles. The SMILES string of the molecule is CC(CO)SCCOCCO. The quantitative estimate of drug-likeness (QED) is 0.546. The summed E-state index contributed by atoms with van der Waals surface area (Å²) in [4.78, 5) is 0. The maximum atomic E-state index is 8.64. The van der Waals surface area contributed by atoms with Crippen molar-refractivity contribution in [3.05, 3.63) is 0 Å². The molecule has 1 unspecified atom stereocenters. The van der Waals surface area contributed by atoms with Gasteiger partial charge in [0.2, 0.25) is 0 Å². The van der Waals surface area contributed by atoms with E-state index in [0.717, 1.165) is 5.75 Å². The number of hydrogen-bond acceptors (Lipinski definition) is 4. The third-order valence-corrected chi connectivity index (χ3v) is 2.24. The van der Waals surface area contributed by atoms with Gasteiger partial charge in [0.15, 0.2) is 0 Å².